The van der Waals surface area contributed by atoms with Crippen molar-refractivity contribution >= 4 is 24.3 Å². The summed E-state index contributed by atoms with van der Waals surface area (Å²) in [6.07, 6.45) is 3.88. The summed E-state index contributed by atoms with van der Waals surface area (Å²) in [6, 6.07) is 0.292. The number of hydrogen-bond donors (Lipinski definition) is 2. The van der Waals surface area contributed by atoms with Crippen molar-refractivity contribution in [1.82, 2.24) is 15.1 Å². The SMILES string of the molecule is CN(CC(=O)O)C1CCCN(CC(=O)NCCC(C)(C)C)CC1.Cl. The van der Waals surface area contributed by atoms with Crippen molar-refractivity contribution in [2.75, 3.05) is 39.8 Å². The molecule has 1 amide bonds. The van der Waals surface area contributed by atoms with Crippen LogP contribution in [0.2, 0.25) is 0 Å². The van der Waals surface area contributed by atoms with Crippen LogP contribution in [0.5, 0.6) is 0 Å². The molecule has 1 heterocycles. The monoisotopic (exact) mass is 363 g/mol. The zero-order chi connectivity index (χ0) is 17.5. The number of nitrogens with one attached hydrogen (secondary N) is 1. The minimum Gasteiger partial charge on any atom is -0.480 e. The number of likely N-dealkylation sites (tertiary alicyclic amines) is 1. The first kappa shape index (κ1) is 23.1. The lowest BCUT2D eigenvalue weighted by Crippen LogP contribution is -2.40. The van der Waals surface area contributed by atoms with Crippen molar-refractivity contribution in [2.45, 2.75) is 52.5 Å². The molecule has 1 unspecified atom stereocenters. The van der Waals surface area contributed by atoms with E-state index >= 15 is 0 Å². The van der Waals surface area contributed by atoms with Crippen molar-refractivity contribution in [3.8, 4) is 0 Å². The van der Waals surface area contributed by atoms with Gasteiger partial charge in [-0.25, -0.2) is 0 Å². The topological polar surface area (TPSA) is 72.9 Å². The fourth-order valence-corrected chi connectivity index (χ4v) is 2.92. The van der Waals surface area contributed by atoms with Gasteiger partial charge in [0.05, 0.1) is 13.1 Å². The predicted octanol–water partition coefficient (Wildman–Crippen LogP) is 1.83. The van der Waals surface area contributed by atoms with Gasteiger partial charge in [-0.05, 0) is 44.7 Å². The molecule has 142 valence electrons. The van der Waals surface area contributed by atoms with Crippen LogP contribution in [0.4, 0.5) is 0 Å². The Morgan fingerprint density at radius 1 is 1.25 bits per heavy atom. The van der Waals surface area contributed by atoms with Crippen LogP contribution in [-0.4, -0.2) is 72.6 Å². The Balaban J connectivity index is 0.00000529. The average molecular weight is 364 g/mol. The Kier molecular flexibility index (Phi) is 10.5. The molecule has 24 heavy (non-hydrogen) atoms. The molecular weight excluding hydrogens is 330 g/mol. The van der Waals surface area contributed by atoms with Gasteiger partial charge in [0.1, 0.15) is 0 Å². The van der Waals surface area contributed by atoms with Crippen LogP contribution in [-0.2, 0) is 9.59 Å². The minimum absolute atomic E-state index is 0. The van der Waals surface area contributed by atoms with Crippen molar-refractivity contribution in [3.63, 3.8) is 0 Å². The van der Waals surface area contributed by atoms with E-state index in [-0.39, 0.29) is 30.3 Å². The molecule has 0 bridgehead atoms. The predicted molar refractivity (Wildman–Crippen MR) is 98.7 cm³/mol. The average Bonchev–Trinajstić information content (AvgIpc) is 2.62. The zero-order valence-electron chi connectivity index (χ0n) is 15.5. The van der Waals surface area contributed by atoms with Gasteiger partial charge < -0.3 is 10.4 Å². The van der Waals surface area contributed by atoms with E-state index < -0.39 is 5.97 Å². The van der Waals surface area contributed by atoms with E-state index in [9.17, 15) is 9.59 Å². The fraction of sp³-hybridized carbons (Fsp3) is 0.882. The smallest absolute Gasteiger partial charge is 0.317 e. The van der Waals surface area contributed by atoms with E-state index in [1.54, 1.807) is 0 Å². The summed E-state index contributed by atoms with van der Waals surface area (Å²) in [6.45, 7) is 9.51. The number of nitrogens with zero attached hydrogens (tertiary/aromatic N) is 2. The first-order chi connectivity index (χ1) is 10.7. The summed E-state index contributed by atoms with van der Waals surface area (Å²) in [5.41, 5.74) is 0.234. The van der Waals surface area contributed by atoms with Crippen molar-refractivity contribution < 1.29 is 14.7 Å². The van der Waals surface area contributed by atoms with Crippen LogP contribution in [0.1, 0.15) is 46.5 Å². The maximum absolute atomic E-state index is 12.0. The molecule has 1 fully saturated rings. The summed E-state index contributed by atoms with van der Waals surface area (Å²) in [5.74, 6) is -0.696. The number of halogens is 1. The highest BCUT2D eigenvalue weighted by molar-refractivity contribution is 5.85. The van der Waals surface area contributed by atoms with E-state index in [0.29, 0.717) is 12.6 Å². The lowest BCUT2D eigenvalue weighted by Gasteiger charge is -2.25. The van der Waals surface area contributed by atoms with Crippen LogP contribution in [0.3, 0.4) is 0 Å². The molecule has 1 aliphatic rings. The number of carboxylic acids is 1. The molecule has 1 atom stereocenters. The van der Waals surface area contributed by atoms with Gasteiger partial charge in [0.25, 0.3) is 0 Å². The zero-order valence-corrected chi connectivity index (χ0v) is 16.3. The molecule has 0 saturated carbocycles. The molecule has 0 aliphatic carbocycles. The maximum Gasteiger partial charge on any atom is 0.317 e. The normalized spacial score (nSPS) is 19.5. The second-order valence-electron chi connectivity index (χ2n) is 7.83. The number of hydrogen-bond acceptors (Lipinski definition) is 4. The van der Waals surface area contributed by atoms with Gasteiger partial charge in [0.2, 0.25) is 5.91 Å². The number of carbonyl (C=O) groups is 2. The molecular formula is C17H34ClN3O3. The molecule has 0 spiro atoms. The van der Waals surface area contributed by atoms with Crippen molar-refractivity contribution in [3.05, 3.63) is 0 Å². The fourth-order valence-electron chi connectivity index (χ4n) is 2.92. The lowest BCUT2D eigenvalue weighted by molar-refractivity contribution is -0.138. The molecule has 0 aromatic carbocycles. The molecule has 0 radical (unpaired) electrons. The van der Waals surface area contributed by atoms with Gasteiger partial charge >= 0.3 is 5.97 Å². The third-order valence-electron chi connectivity index (χ3n) is 4.36. The molecule has 0 aromatic heterocycles. The molecule has 6 nitrogen and oxygen atoms in total. The number of amides is 1. The van der Waals surface area contributed by atoms with Gasteiger partial charge in [0.15, 0.2) is 0 Å². The van der Waals surface area contributed by atoms with Crippen LogP contribution in [0, 0.1) is 5.41 Å². The van der Waals surface area contributed by atoms with Gasteiger partial charge in [-0.3, -0.25) is 19.4 Å². The number of aliphatic carboxylic acids is 1. The summed E-state index contributed by atoms with van der Waals surface area (Å²) < 4.78 is 0. The van der Waals surface area contributed by atoms with Crippen molar-refractivity contribution in [1.29, 1.82) is 0 Å². The standard InChI is InChI=1S/C17H33N3O3.ClH/c1-17(2,3)8-9-18-15(21)12-20-10-5-6-14(7-11-20)19(4)13-16(22)23;/h14H,5-13H2,1-4H3,(H,18,21)(H,22,23);1H. The van der Waals surface area contributed by atoms with Crippen LogP contribution < -0.4 is 5.32 Å². The van der Waals surface area contributed by atoms with Crippen LogP contribution in [0.25, 0.3) is 0 Å². The quantitative estimate of drug-likeness (QED) is 0.722. The third-order valence-corrected chi connectivity index (χ3v) is 4.36. The lowest BCUT2D eigenvalue weighted by atomic mass is 9.92. The maximum atomic E-state index is 12.0. The van der Waals surface area contributed by atoms with Gasteiger partial charge in [-0.15, -0.1) is 12.4 Å². The second kappa shape index (κ2) is 10.9. The largest absolute Gasteiger partial charge is 0.480 e. The second-order valence-corrected chi connectivity index (χ2v) is 7.83. The van der Waals surface area contributed by atoms with Gasteiger partial charge in [-0.1, -0.05) is 20.8 Å². The number of carbonyl (C=O) groups excluding carboxylic acids is 1. The summed E-state index contributed by atoms with van der Waals surface area (Å²) >= 11 is 0. The molecule has 1 rings (SSSR count). The van der Waals surface area contributed by atoms with E-state index in [0.717, 1.165) is 45.3 Å². The highest BCUT2D eigenvalue weighted by Crippen LogP contribution is 2.17. The van der Waals surface area contributed by atoms with Gasteiger partial charge in [-0.2, -0.15) is 0 Å². The summed E-state index contributed by atoms with van der Waals surface area (Å²) in [7, 11) is 1.87. The molecule has 7 heteroatoms. The highest BCUT2D eigenvalue weighted by Gasteiger charge is 2.22. The Bertz CT molecular complexity index is 399. The Hall–Kier alpha value is -0.850. The first-order valence-corrected chi connectivity index (χ1v) is 8.58. The van der Waals surface area contributed by atoms with Crippen LogP contribution >= 0.6 is 12.4 Å². The van der Waals surface area contributed by atoms with E-state index in [1.165, 1.54) is 0 Å². The number of rotatable bonds is 7. The number of carboxylic acid groups (broad SMARTS) is 1. The summed E-state index contributed by atoms with van der Waals surface area (Å²) in [5, 5.41) is 11.9. The Morgan fingerprint density at radius 3 is 2.50 bits per heavy atom. The first-order valence-electron chi connectivity index (χ1n) is 8.58. The van der Waals surface area contributed by atoms with E-state index in [4.69, 9.17) is 5.11 Å². The molecule has 1 aliphatic heterocycles. The summed E-state index contributed by atoms with van der Waals surface area (Å²) in [4.78, 5) is 26.9. The molecule has 0 aromatic rings. The minimum atomic E-state index is -0.785. The van der Waals surface area contributed by atoms with Crippen LogP contribution in [0.15, 0.2) is 0 Å². The van der Waals surface area contributed by atoms with E-state index in [1.807, 2.05) is 11.9 Å². The van der Waals surface area contributed by atoms with Gasteiger partial charge in [0, 0.05) is 19.1 Å². The molecule has 2 N–H and O–H groups in total. The highest BCUT2D eigenvalue weighted by atomic mass is 35.5. The Morgan fingerprint density at radius 2 is 1.92 bits per heavy atom. The Labute approximate surface area is 152 Å². The van der Waals surface area contributed by atoms with Crippen molar-refractivity contribution in [2.24, 2.45) is 5.41 Å². The third kappa shape index (κ3) is 10.1. The number of likely N-dealkylation sites (N-methyl/N-ethyl adjacent to an activating group) is 1. The molecule has 1 saturated heterocycles. The van der Waals surface area contributed by atoms with E-state index in [2.05, 4.69) is 31.0 Å².